The van der Waals surface area contributed by atoms with E-state index in [1.54, 1.807) is 24.4 Å². The predicted octanol–water partition coefficient (Wildman–Crippen LogP) is 1.99. The van der Waals surface area contributed by atoms with Gasteiger partial charge in [0.1, 0.15) is 0 Å². The molecule has 1 unspecified atom stereocenters. The molecular formula is C13H15ClN2O3S. The van der Waals surface area contributed by atoms with E-state index in [0.717, 1.165) is 5.56 Å². The van der Waals surface area contributed by atoms with Gasteiger partial charge in [0.2, 0.25) is 15.0 Å². The van der Waals surface area contributed by atoms with Crippen molar-refractivity contribution < 1.29 is 13.5 Å². The zero-order valence-electron chi connectivity index (χ0n) is 11.1. The van der Waals surface area contributed by atoms with Gasteiger partial charge < -0.3 is 5.11 Å². The summed E-state index contributed by atoms with van der Waals surface area (Å²) in [6.07, 6.45) is 2.02. The Labute approximate surface area is 122 Å². The Balaban J connectivity index is 2.57. The lowest BCUT2D eigenvalue weighted by molar-refractivity contribution is 0.218. The summed E-state index contributed by atoms with van der Waals surface area (Å²) in [7, 11) is -3.67. The average molecular weight is 315 g/mol. The summed E-state index contributed by atoms with van der Waals surface area (Å²) in [5.41, 5.74) is 1.42. The number of benzene rings is 1. The second-order valence-corrected chi connectivity index (χ2v) is 6.93. The Morgan fingerprint density at radius 3 is 2.80 bits per heavy atom. The molecule has 1 aromatic carbocycles. The molecule has 0 bridgehead atoms. The van der Waals surface area contributed by atoms with Gasteiger partial charge in [0.05, 0.1) is 17.5 Å². The third-order valence-corrected chi connectivity index (χ3v) is 5.03. The SMILES string of the molecule is Cc1c(Cl)cccc1-n1ccnc1S(=O)(=O)CC(C)O. The monoisotopic (exact) mass is 314 g/mol. The van der Waals surface area contributed by atoms with Gasteiger partial charge in [-0.2, -0.15) is 0 Å². The number of aliphatic hydroxyl groups excluding tert-OH is 1. The molecule has 2 aromatic rings. The van der Waals surface area contributed by atoms with Crippen LogP contribution >= 0.6 is 11.6 Å². The number of aromatic nitrogens is 2. The summed E-state index contributed by atoms with van der Waals surface area (Å²) >= 11 is 6.06. The molecule has 0 saturated carbocycles. The van der Waals surface area contributed by atoms with Gasteiger partial charge in [0.25, 0.3) is 0 Å². The zero-order chi connectivity index (χ0) is 14.9. The molecule has 1 aromatic heterocycles. The van der Waals surface area contributed by atoms with Crippen molar-refractivity contribution in [2.45, 2.75) is 25.1 Å². The maximum atomic E-state index is 12.2. The summed E-state index contributed by atoms with van der Waals surface area (Å²) in [5.74, 6) is -0.371. The first-order valence-electron chi connectivity index (χ1n) is 6.02. The van der Waals surface area contributed by atoms with Gasteiger partial charge in [0.15, 0.2) is 0 Å². The van der Waals surface area contributed by atoms with E-state index < -0.39 is 15.9 Å². The van der Waals surface area contributed by atoms with Crippen LogP contribution in [0.3, 0.4) is 0 Å². The molecule has 0 aliphatic carbocycles. The fourth-order valence-electron chi connectivity index (χ4n) is 1.95. The summed E-state index contributed by atoms with van der Waals surface area (Å²) < 4.78 is 25.9. The van der Waals surface area contributed by atoms with Crippen LogP contribution in [0, 0.1) is 6.92 Å². The summed E-state index contributed by atoms with van der Waals surface area (Å²) in [4.78, 5) is 3.91. The quantitative estimate of drug-likeness (QED) is 0.936. The predicted molar refractivity (Wildman–Crippen MR) is 77.0 cm³/mol. The van der Waals surface area contributed by atoms with E-state index in [1.807, 2.05) is 6.92 Å². The van der Waals surface area contributed by atoms with E-state index in [0.29, 0.717) is 10.7 Å². The highest BCUT2D eigenvalue weighted by atomic mass is 35.5. The molecule has 0 aliphatic heterocycles. The van der Waals surface area contributed by atoms with Crippen LogP contribution < -0.4 is 0 Å². The molecule has 108 valence electrons. The Kier molecular flexibility index (Phi) is 4.17. The van der Waals surface area contributed by atoms with Crippen LogP contribution in [0.15, 0.2) is 35.7 Å². The molecule has 0 fully saturated rings. The van der Waals surface area contributed by atoms with Crippen LogP contribution in [-0.4, -0.2) is 34.9 Å². The number of imidazole rings is 1. The minimum atomic E-state index is -3.67. The lowest BCUT2D eigenvalue weighted by atomic mass is 10.2. The Morgan fingerprint density at radius 1 is 1.45 bits per heavy atom. The van der Waals surface area contributed by atoms with Crippen molar-refractivity contribution in [1.29, 1.82) is 0 Å². The van der Waals surface area contributed by atoms with Gasteiger partial charge in [-0.15, -0.1) is 0 Å². The van der Waals surface area contributed by atoms with Crippen LogP contribution in [0.4, 0.5) is 0 Å². The summed E-state index contributed by atoms with van der Waals surface area (Å²) in [6.45, 7) is 3.23. The van der Waals surface area contributed by atoms with E-state index in [-0.39, 0.29) is 10.9 Å². The van der Waals surface area contributed by atoms with Gasteiger partial charge >= 0.3 is 0 Å². The van der Waals surface area contributed by atoms with Gasteiger partial charge in [-0.3, -0.25) is 4.57 Å². The van der Waals surface area contributed by atoms with Crippen molar-refractivity contribution in [1.82, 2.24) is 9.55 Å². The highest BCUT2D eigenvalue weighted by molar-refractivity contribution is 7.91. The highest BCUT2D eigenvalue weighted by Crippen LogP contribution is 2.24. The molecule has 0 radical (unpaired) electrons. The summed E-state index contributed by atoms with van der Waals surface area (Å²) in [5, 5.41) is 9.77. The second kappa shape index (κ2) is 5.55. The minimum absolute atomic E-state index is 0.0937. The fraction of sp³-hybridized carbons (Fsp3) is 0.308. The van der Waals surface area contributed by atoms with E-state index in [4.69, 9.17) is 11.6 Å². The molecule has 0 aliphatic rings. The molecule has 20 heavy (non-hydrogen) atoms. The molecule has 0 amide bonds. The van der Waals surface area contributed by atoms with Crippen LogP contribution in [0.2, 0.25) is 5.02 Å². The third-order valence-electron chi connectivity index (χ3n) is 2.84. The number of aliphatic hydroxyl groups is 1. The zero-order valence-corrected chi connectivity index (χ0v) is 12.7. The number of hydrogen-bond acceptors (Lipinski definition) is 4. The topological polar surface area (TPSA) is 72.2 Å². The highest BCUT2D eigenvalue weighted by Gasteiger charge is 2.24. The Bertz CT molecular complexity index is 723. The normalized spacial score (nSPS) is 13.4. The number of halogens is 1. The second-order valence-electron chi connectivity index (χ2n) is 4.59. The van der Waals surface area contributed by atoms with E-state index >= 15 is 0 Å². The van der Waals surface area contributed by atoms with Crippen molar-refractivity contribution in [3.8, 4) is 5.69 Å². The number of nitrogens with zero attached hydrogens (tertiary/aromatic N) is 2. The maximum Gasteiger partial charge on any atom is 0.232 e. The average Bonchev–Trinajstić information content (AvgIpc) is 2.80. The van der Waals surface area contributed by atoms with Gasteiger partial charge in [0, 0.05) is 17.4 Å². The lowest BCUT2D eigenvalue weighted by Gasteiger charge is -2.12. The molecule has 1 atom stereocenters. The van der Waals surface area contributed by atoms with Crippen molar-refractivity contribution in [3.05, 3.63) is 41.2 Å². The van der Waals surface area contributed by atoms with Crippen molar-refractivity contribution in [2.75, 3.05) is 5.75 Å². The van der Waals surface area contributed by atoms with Gasteiger partial charge in [-0.05, 0) is 31.5 Å². The van der Waals surface area contributed by atoms with Crippen molar-refractivity contribution in [3.63, 3.8) is 0 Å². The minimum Gasteiger partial charge on any atom is -0.392 e. The van der Waals surface area contributed by atoms with Crippen LogP contribution in [0.25, 0.3) is 5.69 Å². The molecule has 2 rings (SSSR count). The fourth-order valence-corrected chi connectivity index (χ4v) is 3.59. The largest absolute Gasteiger partial charge is 0.392 e. The lowest BCUT2D eigenvalue weighted by Crippen LogP contribution is -2.21. The van der Waals surface area contributed by atoms with E-state index in [2.05, 4.69) is 4.98 Å². The first kappa shape index (κ1) is 15.0. The molecule has 0 spiro atoms. The van der Waals surface area contributed by atoms with Gasteiger partial charge in [-0.1, -0.05) is 17.7 Å². The first-order chi connectivity index (χ1) is 9.33. The van der Waals surface area contributed by atoms with Crippen LogP contribution in [0.5, 0.6) is 0 Å². The van der Waals surface area contributed by atoms with Crippen LogP contribution in [0.1, 0.15) is 12.5 Å². The van der Waals surface area contributed by atoms with Gasteiger partial charge in [-0.25, -0.2) is 13.4 Å². The Hall–Kier alpha value is -1.37. The molecule has 0 saturated heterocycles. The first-order valence-corrected chi connectivity index (χ1v) is 8.05. The van der Waals surface area contributed by atoms with Crippen molar-refractivity contribution in [2.24, 2.45) is 0 Å². The van der Waals surface area contributed by atoms with E-state index in [1.165, 1.54) is 17.7 Å². The molecule has 1 heterocycles. The number of sulfone groups is 1. The smallest absolute Gasteiger partial charge is 0.232 e. The number of hydrogen-bond donors (Lipinski definition) is 1. The molecular weight excluding hydrogens is 300 g/mol. The third kappa shape index (κ3) is 2.87. The molecule has 1 N–H and O–H groups in total. The van der Waals surface area contributed by atoms with Crippen molar-refractivity contribution >= 4 is 21.4 Å². The van der Waals surface area contributed by atoms with Crippen LogP contribution in [-0.2, 0) is 9.84 Å². The standard InChI is InChI=1S/C13H15ClN2O3S/c1-9(17)8-20(18,19)13-15-6-7-16(13)12-5-3-4-11(14)10(12)2/h3-7,9,17H,8H2,1-2H3. The molecule has 5 nitrogen and oxygen atoms in total. The molecule has 7 heteroatoms. The Morgan fingerprint density at radius 2 is 2.15 bits per heavy atom. The van der Waals surface area contributed by atoms with E-state index in [9.17, 15) is 13.5 Å². The summed E-state index contributed by atoms with van der Waals surface area (Å²) in [6, 6.07) is 5.25. The maximum absolute atomic E-state index is 12.2. The number of rotatable bonds is 4.